The van der Waals surface area contributed by atoms with Gasteiger partial charge in [0, 0.05) is 87.0 Å². The number of aromatic hydroxyl groups is 1. The number of carbonyl (C=O) groups excluding carboxylic acids is 3. The Hall–Kier alpha value is -6.06. The normalized spacial score (nSPS) is 22.9. The Kier molecular flexibility index (Phi) is 10.9. The second kappa shape index (κ2) is 16.5. The number of fused-ring (bicyclic) bond motifs is 1. The summed E-state index contributed by atoms with van der Waals surface area (Å²) in [4.78, 5) is 50.8. The topological polar surface area (TPSA) is 175 Å². The van der Waals surface area contributed by atoms with Gasteiger partial charge in [-0.2, -0.15) is 0 Å². The number of hydrogen-bond acceptors (Lipinski definition) is 11. The smallest absolute Gasteiger partial charge is 0.328 e. The maximum Gasteiger partial charge on any atom is 0.328 e. The van der Waals surface area contributed by atoms with Gasteiger partial charge in [-0.1, -0.05) is 24.3 Å². The number of morpholine rings is 1. The summed E-state index contributed by atoms with van der Waals surface area (Å²) >= 11 is 0. The largest absolute Gasteiger partial charge is 0.507 e. The number of phenolic OH excluding ortho intramolecular Hbond substituents is 1. The van der Waals surface area contributed by atoms with Gasteiger partial charge in [0.2, 0.25) is 5.91 Å². The maximum absolute atomic E-state index is 13.6. The summed E-state index contributed by atoms with van der Waals surface area (Å²) in [6.45, 7) is 9.74. The number of nitrogens with two attached hydrogens (primary N) is 1. The van der Waals surface area contributed by atoms with Crippen LogP contribution < -0.4 is 20.9 Å². The van der Waals surface area contributed by atoms with Crippen LogP contribution in [0.4, 0.5) is 22.0 Å². The number of amides is 4. The van der Waals surface area contributed by atoms with E-state index in [0.29, 0.717) is 73.1 Å². The van der Waals surface area contributed by atoms with E-state index >= 15 is 0 Å². The lowest BCUT2D eigenvalue weighted by atomic mass is 9.85. The molecule has 2 aromatic carbocycles. The van der Waals surface area contributed by atoms with Crippen molar-refractivity contribution >= 4 is 46.1 Å². The average molecular weight is 813 g/mol. The van der Waals surface area contributed by atoms with Gasteiger partial charge in [-0.15, -0.1) is 10.2 Å². The number of carbonyl (C=O) groups is 3. The van der Waals surface area contributed by atoms with Crippen molar-refractivity contribution < 1.29 is 24.2 Å². The number of urea groups is 1. The lowest BCUT2D eigenvalue weighted by molar-refractivity contribution is -0.120. The number of piperazine rings is 1. The molecule has 0 bridgehead atoms. The molecule has 4 fully saturated rings. The highest BCUT2D eigenvalue weighted by molar-refractivity contribution is 6.06. The zero-order chi connectivity index (χ0) is 41.5. The second-order valence-corrected chi connectivity index (χ2v) is 16.8. The van der Waals surface area contributed by atoms with Gasteiger partial charge in [-0.25, -0.2) is 9.78 Å². The summed E-state index contributed by atoms with van der Waals surface area (Å²) in [7, 11) is 0. The molecule has 15 heteroatoms. The summed E-state index contributed by atoms with van der Waals surface area (Å²) in [5.74, 6) is 0.866. The Bertz CT molecular complexity index is 2400. The third-order valence-corrected chi connectivity index (χ3v) is 12.9. The van der Waals surface area contributed by atoms with Crippen molar-refractivity contribution in [2.24, 2.45) is 5.92 Å². The van der Waals surface area contributed by atoms with Crippen LogP contribution >= 0.6 is 0 Å². The molecule has 5 aromatic rings. The molecule has 4 amide bonds. The number of ether oxygens (including phenoxy) is 1. The molecular weight excluding hydrogens is 761 g/mol. The molecule has 2 atom stereocenters. The fraction of sp³-hybridized carbons (Fsp3) is 0.422. The molecule has 312 valence electrons. The predicted molar refractivity (Wildman–Crippen MR) is 229 cm³/mol. The second-order valence-electron chi connectivity index (χ2n) is 16.8. The summed E-state index contributed by atoms with van der Waals surface area (Å²) in [6.07, 6.45) is 8.44. The Balaban J connectivity index is 0.761. The molecule has 1 aliphatic carbocycles. The number of aryl methyl sites for hydroxylation is 1. The van der Waals surface area contributed by atoms with Gasteiger partial charge in [0.15, 0.2) is 5.82 Å². The van der Waals surface area contributed by atoms with Crippen LogP contribution in [0, 0.1) is 12.8 Å². The molecule has 4 N–H and O–H groups in total. The van der Waals surface area contributed by atoms with Crippen molar-refractivity contribution in [1.29, 1.82) is 0 Å². The Labute approximate surface area is 349 Å². The highest BCUT2D eigenvalue weighted by atomic mass is 16.5. The van der Waals surface area contributed by atoms with Crippen LogP contribution in [0.5, 0.6) is 5.75 Å². The van der Waals surface area contributed by atoms with E-state index in [-0.39, 0.29) is 36.1 Å². The first-order valence-corrected chi connectivity index (χ1v) is 21.1. The Morgan fingerprint density at radius 3 is 2.48 bits per heavy atom. The van der Waals surface area contributed by atoms with E-state index in [2.05, 4.69) is 49.9 Å². The number of benzene rings is 2. The molecule has 0 spiro atoms. The molecule has 3 aromatic heterocycles. The molecule has 15 nitrogen and oxygen atoms in total. The van der Waals surface area contributed by atoms with Gasteiger partial charge in [0.25, 0.3) is 5.91 Å². The predicted octanol–water partition coefficient (Wildman–Crippen LogP) is 5.69. The summed E-state index contributed by atoms with van der Waals surface area (Å²) < 4.78 is 8.61. The van der Waals surface area contributed by atoms with E-state index in [1.807, 2.05) is 47.4 Å². The standard InChI is InChI=1S/C45H52N10O5/c1-28-24-55(43-36(28)21-34(23-47-43)53-16-15-41(57)48-45(53)59)33-13-7-30(8-14-33)25-51-17-19-52(20-18-51)44(58)32-11-9-31(10-12-32)40-26-54(29(2)27-60-40)38-22-37(49-50-42(38)46)35-5-3-4-6-39(35)56/h3-6,9-12,21-24,29-30,33,40,56H,7-8,13-20,25-27H2,1-2H3,(H2,46,50)(H,48,57,59)/t29-,30?,33?,40+/m1/s1. The van der Waals surface area contributed by atoms with Crippen molar-refractivity contribution in [1.82, 2.24) is 34.9 Å². The molecule has 60 heavy (non-hydrogen) atoms. The van der Waals surface area contributed by atoms with Gasteiger partial charge in [-0.3, -0.25) is 24.7 Å². The minimum atomic E-state index is -0.398. The number of phenols is 1. The van der Waals surface area contributed by atoms with E-state index in [4.69, 9.17) is 15.5 Å². The van der Waals surface area contributed by atoms with Gasteiger partial charge in [0.1, 0.15) is 17.5 Å². The van der Waals surface area contributed by atoms with Crippen molar-refractivity contribution in [3.05, 3.63) is 89.7 Å². The summed E-state index contributed by atoms with van der Waals surface area (Å²) in [5, 5.41) is 22.3. The Morgan fingerprint density at radius 2 is 1.73 bits per heavy atom. The number of para-hydroxylation sites is 1. The van der Waals surface area contributed by atoms with E-state index in [1.54, 1.807) is 29.3 Å². The zero-order valence-corrected chi connectivity index (χ0v) is 34.2. The molecule has 3 aliphatic heterocycles. The first-order valence-electron chi connectivity index (χ1n) is 21.1. The quantitative estimate of drug-likeness (QED) is 0.176. The minimum absolute atomic E-state index is 0.0380. The number of aromatic nitrogens is 4. The van der Waals surface area contributed by atoms with Gasteiger partial charge in [0.05, 0.1) is 29.9 Å². The van der Waals surface area contributed by atoms with Crippen LogP contribution in [-0.2, 0) is 9.53 Å². The first-order chi connectivity index (χ1) is 29.1. The van der Waals surface area contributed by atoms with Gasteiger partial charge < -0.3 is 29.9 Å². The SMILES string of the molecule is Cc1cn(C2CCC(CN3CCN(C(=O)c4ccc([C@@H]5CN(c6cc(-c7ccccc7O)nnc6N)[C@H](C)CO5)cc4)CC3)CC2)c2ncc(N3CCC(=O)NC3=O)cc12. The summed E-state index contributed by atoms with van der Waals surface area (Å²) in [6, 6.07) is 18.7. The number of pyridine rings is 1. The number of nitrogens with one attached hydrogen (secondary N) is 1. The van der Waals surface area contributed by atoms with E-state index in [0.717, 1.165) is 73.2 Å². The molecular formula is C45H52N10O5. The van der Waals surface area contributed by atoms with Gasteiger partial charge in [-0.05, 0) is 93.0 Å². The monoisotopic (exact) mass is 812 g/mol. The third kappa shape index (κ3) is 7.86. The molecule has 0 unspecified atom stereocenters. The highest BCUT2D eigenvalue weighted by Gasteiger charge is 2.32. The molecule has 9 rings (SSSR count). The van der Waals surface area contributed by atoms with E-state index in [1.165, 1.54) is 0 Å². The first kappa shape index (κ1) is 39.4. The number of imide groups is 1. The zero-order valence-electron chi connectivity index (χ0n) is 34.2. The molecule has 6 heterocycles. The lowest BCUT2D eigenvalue weighted by Crippen LogP contribution is -2.50. The van der Waals surface area contributed by atoms with Crippen molar-refractivity contribution in [2.45, 2.75) is 64.1 Å². The highest BCUT2D eigenvalue weighted by Crippen LogP contribution is 2.38. The fourth-order valence-corrected chi connectivity index (χ4v) is 9.38. The molecule has 0 radical (unpaired) electrons. The fourth-order valence-electron chi connectivity index (χ4n) is 9.38. The average Bonchev–Trinajstić information content (AvgIpc) is 3.60. The van der Waals surface area contributed by atoms with Crippen molar-refractivity contribution in [3.8, 4) is 17.0 Å². The number of anilines is 3. The minimum Gasteiger partial charge on any atom is -0.507 e. The maximum atomic E-state index is 13.6. The summed E-state index contributed by atoms with van der Waals surface area (Å²) in [5.41, 5.74) is 12.7. The lowest BCUT2D eigenvalue weighted by Gasteiger charge is -2.40. The number of nitrogen functional groups attached to an aromatic ring is 1. The van der Waals surface area contributed by atoms with Crippen LogP contribution in [0.25, 0.3) is 22.3 Å². The van der Waals surface area contributed by atoms with Crippen LogP contribution in [-0.4, -0.2) is 111 Å². The van der Waals surface area contributed by atoms with Crippen LogP contribution in [0.3, 0.4) is 0 Å². The van der Waals surface area contributed by atoms with Gasteiger partial charge >= 0.3 is 6.03 Å². The van der Waals surface area contributed by atoms with E-state index < -0.39 is 6.03 Å². The van der Waals surface area contributed by atoms with Crippen LogP contribution in [0.15, 0.2) is 73.1 Å². The van der Waals surface area contributed by atoms with Crippen LogP contribution in [0.1, 0.15) is 72.7 Å². The number of nitrogens with zero attached hydrogens (tertiary/aromatic N) is 8. The number of rotatable bonds is 8. The Morgan fingerprint density at radius 1 is 0.967 bits per heavy atom. The van der Waals surface area contributed by atoms with Crippen molar-refractivity contribution in [3.63, 3.8) is 0 Å². The number of hydrogen-bond donors (Lipinski definition) is 3. The third-order valence-electron chi connectivity index (χ3n) is 12.9. The van der Waals surface area contributed by atoms with Crippen molar-refractivity contribution in [2.75, 3.05) is 68.0 Å². The van der Waals surface area contributed by atoms with Crippen LogP contribution in [0.2, 0.25) is 0 Å². The molecule has 4 aliphatic rings. The molecule has 3 saturated heterocycles. The molecule has 1 saturated carbocycles. The van der Waals surface area contributed by atoms with E-state index in [9.17, 15) is 19.5 Å².